The van der Waals surface area contributed by atoms with E-state index in [-0.39, 0.29) is 11.9 Å². The van der Waals surface area contributed by atoms with Crippen molar-refractivity contribution in [3.63, 3.8) is 0 Å². The quantitative estimate of drug-likeness (QED) is 0.834. The van der Waals surface area contributed by atoms with Crippen LogP contribution >= 0.6 is 0 Å². The van der Waals surface area contributed by atoms with Crippen LogP contribution in [0.2, 0.25) is 0 Å². The molecule has 1 N–H and O–H groups in total. The van der Waals surface area contributed by atoms with Crippen LogP contribution in [-0.2, 0) is 4.74 Å². The Morgan fingerprint density at radius 2 is 2.00 bits per heavy atom. The average Bonchev–Trinajstić information content (AvgIpc) is 2.38. The maximum Gasteiger partial charge on any atom is 0.255 e. The predicted molar refractivity (Wildman–Crippen MR) is 68.4 cm³/mol. The van der Waals surface area contributed by atoms with E-state index >= 15 is 0 Å². The minimum absolute atomic E-state index is 0.0608. The summed E-state index contributed by atoms with van der Waals surface area (Å²) in [5.41, 5.74) is 0.473. The first-order valence-electron chi connectivity index (χ1n) is 5.64. The van der Waals surface area contributed by atoms with Gasteiger partial charge in [-0.25, -0.2) is 0 Å². The van der Waals surface area contributed by atoms with Gasteiger partial charge in [0.1, 0.15) is 11.5 Å². The van der Waals surface area contributed by atoms with Crippen molar-refractivity contribution in [2.45, 2.75) is 13.0 Å². The number of amides is 1. The lowest BCUT2D eigenvalue weighted by molar-refractivity contribution is 0.0902. The van der Waals surface area contributed by atoms with Crippen molar-refractivity contribution < 1.29 is 19.0 Å². The molecule has 0 radical (unpaired) electrons. The van der Waals surface area contributed by atoms with Gasteiger partial charge in [-0.05, 0) is 19.1 Å². The summed E-state index contributed by atoms with van der Waals surface area (Å²) < 4.78 is 15.2. The molecule has 0 saturated carbocycles. The molecule has 0 fully saturated rings. The number of benzene rings is 1. The molecule has 0 saturated heterocycles. The third-order valence-corrected chi connectivity index (χ3v) is 2.45. The molecule has 1 amide bonds. The minimum atomic E-state index is -0.195. The molecule has 18 heavy (non-hydrogen) atoms. The fourth-order valence-corrected chi connectivity index (χ4v) is 1.58. The Hall–Kier alpha value is -1.75. The number of hydrogen-bond acceptors (Lipinski definition) is 4. The minimum Gasteiger partial charge on any atom is -0.497 e. The van der Waals surface area contributed by atoms with E-state index in [1.54, 1.807) is 32.4 Å². The maximum absolute atomic E-state index is 12.0. The highest BCUT2D eigenvalue weighted by atomic mass is 16.5. The van der Waals surface area contributed by atoms with Crippen LogP contribution in [0.25, 0.3) is 0 Å². The summed E-state index contributed by atoms with van der Waals surface area (Å²) in [4.78, 5) is 12.0. The molecular formula is C13H19NO4. The molecule has 1 aromatic rings. The standard InChI is InChI=1S/C13H19NO4/c1-9(8-16-2)14-13(15)11-6-5-10(17-3)7-12(11)18-4/h5-7,9H,8H2,1-4H3,(H,14,15)/t9-/m0/s1. The molecule has 0 spiro atoms. The highest BCUT2D eigenvalue weighted by Gasteiger charge is 2.15. The number of carbonyl (C=O) groups is 1. The number of methoxy groups -OCH3 is 3. The van der Waals surface area contributed by atoms with Gasteiger partial charge >= 0.3 is 0 Å². The zero-order valence-corrected chi connectivity index (χ0v) is 11.1. The van der Waals surface area contributed by atoms with Crippen molar-refractivity contribution in [2.24, 2.45) is 0 Å². The SMILES string of the molecule is COC[C@H](C)NC(=O)c1ccc(OC)cc1OC. The first-order chi connectivity index (χ1) is 8.62. The monoisotopic (exact) mass is 253 g/mol. The van der Waals surface area contributed by atoms with Crippen LogP contribution in [0.5, 0.6) is 11.5 Å². The van der Waals surface area contributed by atoms with E-state index < -0.39 is 0 Å². The van der Waals surface area contributed by atoms with Crippen molar-refractivity contribution >= 4 is 5.91 Å². The van der Waals surface area contributed by atoms with Crippen molar-refractivity contribution in [2.75, 3.05) is 27.9 Å². The summed E-state index contributed by atoms with van der Waals surface area (Å²) in [7, 11) is 4.68. The summed E-state index contributed by atoms with van der Waals surface area (Å²) in [6, 6.07) is 5.01. The van der Waals surface area contributed by atoms with Crippen LogP contribution in [0.1, 0.15) is 17.3 Å². The second kappa shape index (κ2) is 6.86. The van der Waals surface area contributed by atoms with Gasteiger partial charge in [-0.1, -0.05) is 0 Å². The molecule has 1 aromatic carbocycles. The molecule has 5 nitrogen and oxygen atoms in total. The lowest BCUT2D eigenvalue weighted by atomic mass is 10.1. The van der Waals surface area contributed by atoms with Gasteiger partial charge in [-0.15, -0.1) is 0 Å². The van der Waals surface area contributed by atoms with Gasteiger partial charge in [0, 0.05) is 19.2 Å². The maximum atomic E-state index is 12.0. The van der Waals surface area contributed by atoms with E-state index in [1.807, 2.05) is 6.92 Å². The molecule has 0 bridgehead atoms. The van der Waals surface area contributed by atoms with Crippen LogP contribution in [0.4, 0.5) is 0 Å². The Morgan fingerprint density at radius 3 is 2.56 bits per heavy atom. The fourth-order valence-electron chi connectivity index (χ4n) is 1.58. The molecule has 5 heteroatoms. The predicted octanol–water partition coefficient (Wildman–Crippen LogP) is 1.47. The highest BCUT2D eigenvalue weighted by Crippen LogP contribution is 2.24. The molecule has 0 aliphatic carbocycles. The zero-order chi connectivity index (χ0) is 13.5. The molecule has 0 heterocycles. The molecule has 1 rings (SSSR count). The molecule has 1 atom stereocenters. The Bertz CT molecular complexity index is 406. The second-order valence-corrected chi connectivity index (χ2v) is 3.90. The van der Waals surface area contributed by atoms with Gasteiger partial charge in [0.25, 0.3) is 5.91 Å². The third kappa shape index (κ3) is 3.63. The zero-order valence-electron chi connectivity index (χ0n) is 11.1. The van der Waals surface area contributed by atoms with Gasteiger partial charge in [-0.3, -0.25) is 4.79 Å². The summed E-state index contributed by atoms with van der Waals surface area (Å²) in [5, 5.41) is 2.82. The normalized spacial score (nSPS) is 11.8. The van der Waals surface area contributed by atoms with Gasteiger partial charge in [-0.2, -0.15) is 0 Å². The van der Waals surface area contributed by atoms with E-state index in [9.17, 15) is 4.79 Å². The lowest BCUT2D eigenvalue weighted by Crippen LogP contribution is -2.35. The number of rotatable bonds is 6. The van der Waals surface area contributed by atoms with Crippen LogP contribution in [0, 0.1) is 0 Å². The number of ether oxygens (including phenoxy) is 3. The van der Waals surface area contributed by atoms with Crippen molar-refractivity contribution in [3.05, 3.63) is 23.8 Å². The van der Waals surface area contributed by atoms with E-state index in [0.29, 0.717) is 23.7 Å². The first kappa shape index (κ1) is 14.3. The van der Waals surface area contributed by atoms with Crippen molar-refractivity contribution in [1.82, 2.24) is 5.32 Å². The molecule has 0 aromatic heterocycles. The summed E-state index contributed by atoms with van der Waals surface area (Å²) in [5.74, 6) is 0.934. The van der Waals surface area contributed by atoms with Crippen molar-refractivity contribution in [1.29, 1.82) is 0 Å². The molecule has 100 valence electrons. The number of hydrogen-bond donors (Lipinski definition) is 1. The lowest BCUT2D eigenvalue weighted by Gasteiger charge is -2.15. The summed E-state index contributed by atoms with van der Waals surface area (Å²) in [6.07, 6.45) is 0. The molecule has 0 aliphatic rings. The van der Waals surface area contributed by atoms with E-state index in [2.05, 4.69) is 5.32 Å². The Morgan fingerprint density at radius 1 is 1.28 bits per heavy atom. The average molecular weight is 253 g/mol. The molecule has 0 aliphatic heterocycles. The van der Waals surface area contributed by atoms with E-state index in [4.69, 9.17) is 14.2 Å². The Balaban J connectivity index is 2.84. The van der Waals surface area contributed by atoms with Crippen LogP contribution in [0.15, 0.2) is 18.2 Å². The van der Waals surface area contributed by atoms with Crippen LogP contribution < -0.4 is 14.8 Å². The van der Waals surface area contributed by atoms with E-state index in [0.717, 1.165) is 0 Å². The topological polar surface area (TPSA) is 56.8 Å². The molecule has 0 unspecified atom stereocenters. The van der Waals surface area contributed by atoms with Gasteiger partial charge in [0.15, 0.2) is 0 Å². The smallest absolute Gasteiger partial charge is 0.255 e. The van der Waals surface area contributed by atoms with Gasteiger partial charge in [0.05, 0.1) is 26.4 Å². The van der Waals surface area contributed by atoms with Gasteiger partial charge < -0.3 is 19.5 Å². The number of carbonyl (C=O) groups excluding carboxylic acids is 1. The van der Waals surface area contributed by atoms with Crippen molar-refractivity contribution in [3.8, 4) is 11.5 Å². The second-order valence-electron chi connectivity index (χ2n) is 3.90. The van der Waals surface area contributed by atoms with Gasteiger partial charge in [0.2, 0.25) is 0 Å². The van der Waals surface area contributed by atoms with Crippen LogP contribution in [0.3, 0.4) is 0 Å². The largest absolute Gasteiger partial charge is 0.497 e. The first-order valence-corrected chi connectivity index (χ1v) is 5.64. The number of nitrogens with one attached hydrogen (secondary N) is 1. The van der Waals surface area contributed by atoms with Crippen LogP contribution in [-0.4, -0.2) is 39.9 Å². The van der Waals surface area contributed by atoms with E-state index in [1.165, 1.54) is 7.11 Å². The highest BCUT2D eigenvalue weighted by molar-refractivity contribution is 5.97. The third-order valence-electron chi connectivity index (χ3n) is 2.45. The summed E-state index contributed by atoms with van der Waals surface area (Å²) in [6.45, 7) is 2.33. The Labute approximate surface area is 107 Å². The fraction of sp³-hybridized carbons (Fsp3) is 0.462. The molecular weight excluding hydrogens is 234 g/mol. The Kier molecular flexibility index (Phi) is 5.45. The summed E-state index contributed by atoms with van der Waals surface area (Å²) >= 11 is 0.